The molecule has 0 saturated heterocycles. The van der Waals surface area contributed by atoms with Crippen LogP contribution >= 0.6 is 11.6 Å². The van der Waals surface area contributed by atoms with E-state index in [1.165, 1.54) is 7.11 Å². The molecule has 6 nitrogen and oxygen atoms in total. The Hall–Kier alpha value is -2.44. The highest BCUT2D eigenvalue weighted by Gasteiger charge is 2.19. The summed E-state index contributed by atoms with van der Waals surface area (Å²) in [6, 6.07) is 11.1. The van der Waals surface area contributed by atoms with Crippen LogP contribution in [0.4, 0.5) is 0 Å². The van der Waals surface area contributed by atoms with Gasteiger partial charge in [0.05, 0.1) is 31.9 Å². The van der Waals surface area contributed by atoms with Crippen molar-refractivity contribution in [3.8, 4) is 17.2 Å². The monoisotopic (exact) mass is 420 g/mol. The fourth-order valence-corrected chi connectivity index (χ4v) is 3.18. The Morgan fingerprint density at radius 3 is 2.38 bits per heavy atom. The van der Waals surface area contributed by atoms with Gasteiger partial charge in [-0.05, 0) is 50.3 Å². The largest absolute Gasteiger partial charge is 0.497 e. The molecule has 1 unspecified atom stereocenters. The predicted octanol–water partition coefficient (Wildman–Crippen LogP) is 4.18. The Morgan fingerprint density at radius 1 is 1.14 bits per heavy atom. The van der Waals surface area contributed by atoms with Crippen LogP contribution in [-0.2, 0) is 0 Å². The highest BCUT2D eigenvalue weighted by Crippen LogP contribution is 2.36. The summed E-state index contributed by atoms with van der Waals surface area (Å²) in [6.45, 7) is 2.96. The quantitative estimate of drug-likeness (QED) is 0.624. The number of nitrogens with zero attached hydrogens (tertiary/aromatic N) is 1. The normalized spacial score (nSPS) is 11.8. The van der Waals surface area contributed by atoms with Gasteiger partial charge in [0, 0.05) is 12.1 Å². The second-order valence-electron chi connectivity index (χ2n) is 6.80. The Balaban J connectivity index is 2.14. The summed E-state index contributed by atoms with van der Waals surface area (Å²) in [6.07, 6.45) is 0.846. The first-order chi connectivity index (χ1) is 13.9. The van der Waals surface area contributed by atoms with Gasteiger partial charge < -0.3 is 24.4 Å². The lowest BCUT2D eigenvalue weighted by atomic mass is 10.1. The molecule has 0 radical (unpaired) electrons. The van der Waals surface area contributed by atoms with Gasteiger partial charge in [0.1, 0.15) is 5.75 Å². The van der Waals surface area contributed by atoms with Crippen molar-refractivity contribution in [2.24, 2.45) is 0 Å². The molecule has 1 atom stereocenters. The van der Waals surface area contributed by atoms with Crippen LogP contribution in [0, 0.1) is 0 Å². The first-order valence-electron chi connectivity index (χ1n) is 9.50. The summed E-state index contributed by atoms with van der Waals surface area (Å²) in [7, 11) is 7.11. The van der Waals surface area contributed by atoms with E-state index in [4.69, 9.17) is 25.8 Å². The van der Waals surface area contributed by atoms with E-state index in [9.17, 15) is 4.79 Å². The molecule has 2 aromatic rings. The number of hydrogen-bond donors (Lipinski definition) is 1. The molecule has 0 bridgehead atoms. The van der Waals surface area contributed by atoms with E-state index >= 15 is 0 Å². The number of nitrogens with one attached hydrogen (secondary N) is 1. The zero-order valence-electron chi connectivity index (χ0n) is 17.6. The van der Waals surface area contributed by atoms with Crippen LogP contribution in [0.25, 0.3) is 0 Å². The maximum absolute atomic E-state index is 12.7. The minimum atomic E-state index is -0.229. The first kappa shape index (κ1) is 22.8. The molecule has 2 aromatic carbocycles. The molecule has 0 aliphatic rings. The van der Waals surface area contributed by atoms with Gasteiger partial charge in [-0.2, -0.15) is 0 Å². The molecule has 7 heteroatoms. The lowest BCUT2D eigenvalue weighted by molar-refractivity contribution is 0.0941. The van der Waals surface area contributed by atoms with Crippen molar-refractivity contribution in [2.75, 3.05) is 41.5 Å². The number of carbonyl (C=O) groups excluding carboxylic acids is 1. The molecule has 1 amide bonds. The van der Waals surface area contributed by atoms with E-state index in [1.807, 2.05) is 45.3 Å². The van der Waals surface area contributed by atoms with E-state index in [0.717, 1.165) is 17.7 Å². The molecular weight excluding hydrogens is 392 g/mol. The number of methoxy groups -OCH3 is 2. The average molecular weight is 421 g/mol. The number of benzene rings is 2. The smallest absolute Gasteiger partial charge is 0.251 e. The lowest BCUT2D eigenvalue weighted by Gasteiger charge is -2.25. The topological polar surface area (TPSA) is 60.0 Å². The molecule has 2 rings (SSSR count). The number of rotatable bonds is 10. The van der Waals surface area contributed by atoms with Gasteiger partial charge >= 0.3 is 0 Å². The summed E-state index contributed by atoms with van der Waals surface area (Å²) in [4.78, 5) is 14.8. The maximum Gasteiger partial charge on any atom is 0.251 e. The second kappa shape index (κ2) is 10.9. The van der Waals surface area contributed by atoms with E-state index in [2.05, 4.69) is 10.2 Å². The second-order valence-corrected chi connectivity index (χ2v) is 7.21. The number of hydrogen-bond acceptors (Lipinski definition) is 5. The Kier molecular flexibility index (Phi) is 8.61. The molecule has 29 heavy (non-hydrogen) atoms. The predicted molar refractivity (Wildman–Crippen MR) is 116 cm³/mol. The van der Waals surface area contributed by atoms with Crippen molar-refractivity contribution < 1.29 is 19.0 Å². The van der Waals surface area contributed by atoms with Crippen LogP contribution in [0.1, 0.15) is 35.3 Å². The van der Waals surface area contributed by atoms with Crippen molar-refractivity contribution >= 4 is 17.5 Å². The third kappa shape index (κ3) is 6.02. The SMILES string of the molecule is CCCOc1c(Cl)cc(C(=O)NCC(c2ccc(OC)cc2)N(C)C)cc1OC. The van der Waals surface area contributed by atoms with Crippen LogP contribution < -0.4 is 19.5 Å². The molecule has 1 N–H and O–H groups in total. The van der Waals surface area contributed by atoms with Crippen LogP contribution in [0.15, 0.2) is 36.4 Å². The number of halogens is 1. The van der Waals surface area contributed by atoms with Gasteiger partial charge in [-0.25, -0.2) is 0 Å². The third-order valence-electron chi connectivity index (χ3n) is 4.52. The van der Waals surface area contributed by atoms with Crippen LogP contribution in [-0.4, -0.2) is 52.3 Å². The molecule has 0 spiro atoms. The first-order valence-corrected chi connectivity index (χ1v) is 9.87. The summed E-state index contributed by atoms with van der Waals surface area (Å²) in [5.41, 5.74) is 1.50. The molecule has 0 aliphatic heterocycles. The fraction of sp³-hybridized carbons (Fsp3) is 0.409. The molecule has 0 aliphatic carbocycles. The van der Waals surface area contributed by atoms with E-state index < -0.39 is 0 Å². The standard InChI is InChI=1S/C22H29ClN2O4/c1-6-11-29-21-18(23)12-16(13-20(21)28-5)22(26)24-14-19(25(2)3)15-7-9-17(27-4)10-8-15/h7-10,12-13,19H,6,11,14H2,1-5H3,(H,24,26). The summed E-state index contributed by atoms with van der Waals surface area (Å²) < 4.78 is 16.2. The van der Waals surface area contributed by atoms with Crippen molar-refractivity contribution in [3.63, 3.8) is 0 Å². The van der Waals surface area contributed by atoms with Crippen LogP contribution in [0.2, 0.25) is 5.02 Å². The number of amides is 1. The Labute approximate surface area is 177 Å². The summed E-state index contributed by atoms with van der Waals surface area (Å²) in [5.74, 6) is 1.46. The molecular formula is C22H29ClN2O4. The van der Waals surface area contributed by atoms with Gasteiger partial charge in [-0.1, -0.05) is 30.7 Å². The van der Waals surface area contributed by atoms with E-state index in [1.54, 1.807) is 19.2 Å². The van der Waals surface area contributed by atoms with Crippen LogP contribution in [0.5, 0.6) is 17.2 Å². The Morgan fingerprint density at radius 2 is 1.83 bits per heavy atom. The number of ether oxygens (including phenoxy) is 3. The number of carbonyl (C=O) groups is 1. The highest BCUT2D eigenvalue weighted by atomic mass is 35.5. The van der Waals surface area contributed by atoms with Gasteiger partial charge in [0.2, 0.25) is 0 Å². The van der Waals surface area contributed by atoms with Crippen molar-refractivity contribution in [2.45, 2.75) is 19.4 Å². The molecule has 0 fully saturated rings. The van der Waals surface area contributed by atoms with Gasteiger partial charge in [-0.3, -0.25) is 4.79 Å². The lowest BCUT2D eigenvalue weighted by Crippen LogP contribution is -2.34. The minimum Gasteiger partial charge on any atom is -0.497 e. The van der Waals surface area contributed by atoms with Gasteiger partial charge in [0.15, 0.2) is 11.5 Å². The molecule has 0 saturated carbocycles. The number of likely N-dealkylation sites (N-methyl/N-ethyl adjacent to an activating group) is 1. The zero-order chi connectivity index (χ0) is 21.4. The molecule has 0 heterocycles. The van der Waals surface area contributed by atoms with Crippen LogP contribution in [0.3, 0.4) is 0 Å². The van der Waals surface area contributed by atoms with Gasteiger partial charge in [0.25, 0.3) is 5.91 Å². The van der Waals surface area contributed by atoms with Gasteiger partial charge in [-0.15, -0.1) is 0 Å². The van der Waals surface area contributed by atoms with Crippen molar-refractivity contribution in [1.82, 2.24) is 10.2 Å². The summed E-state index contributed by atoms with van der Waals surface area (Å²) in [5, 5.41) is 3.33. The average Bonchev–Trinajstić information content (AvgIpc) is 2.72. The van der Waals surface area contributed by atoms with Crippen molar-refractivity contribution in [3.05, 3.63) is 52.5 Å². The summed E-state index contributed by atoms with van der Waals surface area (Å²) >= 11 is 6.33. The maximum atomic E-state index is 12.7. The van der Waals surface area contributed by atoms with E-state index in [0.29, 0.717) is 35.2 Å². The third-order valence-corrected chi connectivity index (χ3v) is 4.80. The molecule has 0 aromatic heterocycles. The molecule has 158 valence electrons. The zero-order valence-corrected chi connectivity index (χ0v) is 18.4. The van der Waals surface area contributed by atoms with E-state index in [-0.39, 0.29) is 11.9 Å². The highest BCUT2D eigenvalue weighted by molar-refractivity contribution is 6.32. The Bertz CT molecular complexity index is 809. The fourth-order valence-electron chi connectivity index (χ4n) is 2.91. The van der Waals surface area contributed by atoms with Crippen molar-refractivity contribution in [1.29, 1.82) is 0 Å². The minimum absolute atomic E-state index is 0.00869.